The van der Waals surface area contributed by atoms with E-state index in [-0.39, 0.29) is 5.57 Å². The van der Waals surface area contributed by atoms with Gasteiger partial charge in [0.2, 0.25) is 0 Å². The zero-order valence-electron chi connectivity index (χ0n) is 15.6. The second kappa shape index (κ2) is 8.98. The van der Waals surface area contributed by atoms with E-state index in [0.717, 1.165) is 28.1 Å². The number of aromatic nitrogens is 1. The molecule has 1 heterocycles. The van der Waals surface area contributed by atoms with Crippen molar-refractivity contribution in [2.24, 2.45) is 0 Å². The van der Waals surface area contributed by atoms with Gasteiger partial charge in [-0.1, -0.05) is 30.3 Å². The Morgan fingerprint density at radius 1 is 1.21 bits per heavy atom. The summed E-state index contributed by atoms with van der Waals surface area (Å²) in [7, 11) is 0. The average molecular weight is 389 g/mol. The number of nitrogens with zero attached hydrogens (tertiary/aromatic N) is 2. The largest absolute Gasteiger partial charge is 0.487 e. The van der Waals surface area contributed by atoms with E-state index in [4.69, 9.17) is 4.74 Å². The van der Waals surface area contributed by atoms with Gasteiger partial charge < -0.3 is 10.1 Å². The first-order chi connectivity index (χ1) is 13.6. The first-order valence-corrected chi connectivity index (χ1v) is 9.60. The van der Waals surface area contributed by atoms with E-state index >= 15 is 0 Å². The predicted octanol–water partition coefficient (Wildman–Crippen LogP) is 4.88. The van der Waals surface area contributed by atoms with Gasteiger partial charge in [-0.25, -0.2) is 4.98 Å². The van der Waals surface area contributed by atoms with Crippen LogP contribution in [0.15, 0.2) is 58.9 Å². The quantitative estimate of drug-likeness (QED) is 0.481. The Labute approximate surface area is 167 Å². The highest BCUT2D eigenvalue weighted by Crippen LogP contribution is 2.21. The fraction of sp³-hybridized carbons (Fsp3) is 0.136. The van der Waals surface area contributed by atoms with Crippen molar-refractivity contribution in [3.05, 3.63) is 81.3 Å². The number of aryl methyl sites for hydroxylation is 2. The third-order valence-corrected chi connectivity index (χ3v) is 4.78. The highest BCUT2D eigenvalue weighted by molar-refractivity contribution is 7.07. The maximum Gasteiger partial charge on any atom is 0.266 e. The molecule has 0 unspecified atom stereocenters. The molecule has 28 heavy (non-hydrogen) atoms. The molecule has 0 aliphatic rings. The van der Waals surface area contributed by atoms with Gasteiger partial charge in [-0.3, -0.25) is 4.79 Å². The number of amides is 1. The lowest BCUT2D eigenvalue weighted by molar-refractivity contribution is -0.112. The Hall–Kier alpha value is -3.43. The maximum absolute atomic E-state index is 12.5. The average Bonchev–Trinajstić information content (AvgIpc) is 3.22. The Morgan fingerprint density at radius 2 is 1.93 bits per heavy atom. The number of carbonyl (C=O) groups is 1. The molecule has 1 amide bonds. The Kier molecular flexibility index (Phi) is 6.20. The molecule has 3 rings (SSSR count). The molecule has 6 heteroatoms. The van der Waals surface area contributed by atoms with E-state index in [1.165, 1.54) is 11.3 Å². The summed E-state index contributed by atoms with van der Waals surface area (Å²) >= 11 is 1.52. The fourth-order valence-corrected chi connectivity index (χ4v) is 3.18. The van der Waals surface area contributed by atoms with Crippen LogP contribution in [0.5, 0.6) is 5.75 Å². The van der Waals surface area contributed by atoms with Crippen molar-refractivity contribution >= 4 is 29.0 Å². The Morgan fingerprint density at radius 3 is 2.54 bits per heavy atom. The normalized spacial score (nSPS) is 11.0. The van der Waals surface area contributed by atoms with Gasteiger partial charge in [0.1, 0.15) is 24.0 Å². The van der Waals surface area contributed by atoms with E-state index in [1.54, 1.807) is 35.9 Å². The van der Waals surface area contributed by atoms with Crippen LogP contribution in [0.3, 0.4) is 0 Å². The molecule has 3 aromatic rings. The first kappa shape index (κ1) is 19.3. The molecule has 140 valence electrons. The number of hydrogen-bond donors (Lipinski definition) is 1. The number of benzene rings is 2. The maximum atomic E-state index is 12.5. The molecule has 0 saturated carbocycles. The van der Waals surface area contributed by atoms with Crippen LogP contribution in [-0.2, 0) is 11.4 Å². The lowest BCUT2D eigenvalue weighted by Gasteiger charge is -2.11. The number of rotatable bonds is 6. The summed E-state index contributed by atoms with van der Waals surface area (Å²) in [6.07, 6.45) is 1.56. The highest BCUT2D eigenvalue weighted by atomic mass is 32.1. The van der Waals surface area contributed by atoms with E-state index in [0.29, 0.717) is 12.4 Å². The molecule has 0 atom stereocenters. The third-order valence-electron chi connectivity index (χ3n) is 4.15. The number of ether oxygens (including phenoxy) is 1. The zero-order chi connectivity index (χ0) is 19.9. The van der Waals surface area contributed by atoms with Crippen LogP contribution < -0.4 is 10.1 Å². The summed E-state index contributed by atoms with van der Waals surface area (Å²) in [6, 6.07) is 15.0. The second-order valence-electron chi connectivity index (χ2n) is 6.23. The molecule has 2 aromatic carbocycles. The molecule has 5 nitrogen and oxygen atoms in total. The van der Waals surface area contributed by atoms with Gasteiger partial charge in [0.25, 0.3) is 5.91 Å². The smallest absolute Gasteiger partial charge is 0.266 e. The number of para-hydroxylation sites is 1. The summed E-state index contributed by atoms with van der Waals surface area (Å²) in [6.45, 7) is 4.24. The molecule has 0 radical (unpaired) electrons. The number of nitrogens with one attached hydrogen (secondary N) is 1. The van der Waals surface area contributed by atoms with Crippen molar-refractivity contribution in [2.75, 3.05) is 5.32 Å². The summed E-state index contributed by atoms with van der Waals surface area (Å²) in [5.74, 6) is 0.271. The van der Waals surface area contributed by atoms with E-state index in [9.17, 15) is 10.1 Å². The van der Waals surface area contributed by atoms with Gasteiger partial charge in [-0.15, -0.1) is 11.3 Å². The summed E-state index contributed by atoms with van der Waals surface area (Å²) < 4.78 is 5.67. The van der Waals surface area contributed by atoms with Crippen molar-refractivity contribution in [1.82, 2.24) is 4.98 Å². The van der Waals surface area contributed by atoms with E-state index < -0.39 is 5.91 Å². The minimum atomic E-state index is -0.427. The number of hydrogen-bond acceptors (Lipinski definition) is 5. The minimum absolute atomic E-state index is 0.0406. The van der Waals surface area contributed by atoms with Gasteiger partial charge in [0, 0.05) is 11.1 Å². The van der Waals surface area contributed by atoms with Gasteiger partial charge in [-0.05, 0) is 48.7 Å². The SMILES string of the molecule is Cc1cccc(C)c1NC(=O)/C(C#N)=C/c1ccc(OCc2cscn2)cc1. The summed E-state index contributed by atoms with van der Waals surface area (Å²) in [4.78, 5) is 16.7. The molecule has 1 aromatic heterocycles. The number of nitriles is 1. The van der Waals surface area contributed by atoms with Crippen molar-refractivity contribution in [1.29, 1.82) is 5.26 Å². The van der Waals surface area contributed by atoms with Crippen molar-refractivity contribution < 1.29 is 9.53 Å². The van der Waals surface area contributed by atoms with Crippen LogP contribution >= 0.6 is 11.3 Å². The van der Waals surface area contributed by atoms with Crippen LogP contribution in [0.2, 0.25) is 0 Å². The Balaban J connectivity index is 1.69. The van der Waals surface area contributed by atoms with Crippen LogP contribution in [0.25, 0.3) is 6.08 Å². The molecular weight excluding hydrogens is 370 g/mol. The molecule has 0 saturated heterocycles. The Bertz CT molecular complexity index is 1010. The number of anilines is 1. The van der Waals surface area contributed by atoms with Crippen LogP contribution in [0.1, 0.15) is 22.4 Å². The van der Waals surface area contributed by atoms with Crippen molar-refractivity contribution in [2.45, 2.75) is 20.5 Å². The number of carbonyl (C=O) groups excluding carboxylic acids is 1. The topological polar surface area (TPSA) is 75.0 Å². The molecule has 0 aliphatic carbocycles. The summed E-state index contributed by atoms with van der Waals surface area (Å²) in [5, 5.41) is 14.2. The van der Waals surface area contributed by atoms with Gasteiger partial charge in [0.15, 0.2) is 0 Å². The van der Waals surface area contributed by atoms with Crippen molar-refractivity contribution in [3.8, 4) is 11.8 Å². The molecule has 1 N–H and O–H groups in total. The van der Waals surface area contributed by atoms with Crippen LogP contribution in [0.4, 0.5) is 5.69 Å². The van der Waals surface area contributed by atoms with Crippen LogP contribution in [-0.4, -0.2) is 10.9 Å². The molecule has 0 bridgehead atoms. The zero-order valence-corrected chi connectivity index (χ0v) is 16.4. The first-order valence-electron chi connectivity index (χ1n) is 8.66. The monoisotopic (exact) mass is 389 g/mol. The molecule has 0 spiro atoms. The van der Waals surface area contributed by atoms with Gasteiger partial charge in [0.05, 0.1) is 11.2 Å². The van der Waals surface area contributed by atoms with Gasteiger partial charge in [-0.2, -0.15) is 5.26 Å². The summed E-state index contributed by atoms with van der Waals surface area (Å²) in [5.41, 5.74) is 6.07. The fourth-order valence-electron chi connectivity index (χ4n) is 2.63. The lowest BCUT2D eigenvalue weighted by atomic mass is 10.1. The molecule has 0 aliphatic heterocycles. The van der Waals surface area contributed by atoms with Crippen molar-refractivity contribution in [3.63, 3.8) is 0 Å². The minimum Gasteiger partial charge on any atom is -0.487 e. The number of thiazole rings is 1. The lowest BCUT2D eigenvalue weighted by Crippen LogP contribution is -2.15. The van der Waals surface area contributed by atoms with Gasteiger partial charge >= 0.3 is 0 Å². The van der Waals surface area contributed by atoms with E-state index in [2.05, 4.69) is 10.3 Å². The predicted molar refractivity (Wildman–Crippen MR) is 111 cm³/mol. The van der Waals surface area contributed by atoms with E-state index in [1.807, 2.05) is 43.5 Å². The standard InChI is InChI=1S/C22H19N3O2S/c1-15-4-3-5-16(2)21(15)25-22(26)18(11-23)10-17-6-8-20(9-7-17)27-12-19-13-28-14-24-19/h3-10,13-14H,12H2,1-2H3,(H,25,26)/b18-10+. The highest BCUT2D eigenvalue weighted by Gasteiger charge is 2.12. The van der Waals surface area contributed by atoms with Crippen LogP contribution in [0, 0.1) is 25.2 Å². The third kappa shape index (κ3) is 4.84. The second-order valence-corrected chi connectivity index (χ2v) is 6.95. The molecule has 0 fully saturated rings. The molecular formula is C22H19N3O2S.